The van der Waals surface area contributed by atoms with Gasteiger partial charge in [0.15, 0.2) is 0 Å². The van der Waals surface area contributed by atoms with Gasteiger partial charge >= 0.3 is 0 Å². The van der Waals surface area contributed by atoms with Crippen molar-refractivity contribution >= 4 is 5.91 Å². The maximum atomic E-state index is 11.3. The third-order valence-corrected chi connectivity index (χ3v) is 1.74. The Morgan fingerprint density at radius 2 is 2.31 bits per heavy atom. The van der Waals surface area contributed by atoms with Crippen LogP contribution in [0.3, 0.4) is 0 Å². The molecule has 0 rings (SSSR count). The predicted octanol–water partition coefficient (Wildman–Crippen LogP) is 0.783. The average molecular weight is 184 g/mol. The number of nitriles is 1. The van der Waals surface area contributed by atoms with Crippen LogP contribution < -0.4 is 0 Å². The van der Waals surface area contributed by atoms with E-state index in [2.05, 4.69) is 0 Å². The van der Waals surface area contributed by atoms with Crippen LogP contribution in [0.5, 0.6) is 0 Å². The van der Waals surface area contributed by atoms with E-state index >= 15 is 0 Å². The highest BCUT2D eigenvalue weighted by atomic mass is 16.5. The van der Waals surface area contributed by atoms with Crippen molar-refractivity contribution in [2.45, 2.75) is 26.3 Å². The van der Waals surface area contributed by atoms with Crippen molar-refractivity contribution in [3.05, 3.63) is 0 Å². The SMILES string of the molecule is CCCOCC(=O)N(C)C(C)C#N. The number of carbonyl (C=O) groups excluding carboxylic acids is 1. The second kappa shape index (κ2) is 6.44. The monoisotopic (exact) mass is 184 g/mol. The van der Waals surface area contributed by atoms with Gasteiger partial charge in [0, 0.05) is 13.7 Å². The number of amides is 1. The molecule has 0 saturated carbocycles. The maximum Gasteiger partial charge on any atom is 0.249 e. The molecule has 0 spiro atoms. The zero-order chi connectivity index (χ0) is 10.3. The topological polar surface area (TPSA) is 53.3 Å². The molecule has 4 heteroatoms. The summed E-state index contributed by atoms with van der Waals surface area (Å²) in [5.74, 6) is -0.150. The van der Waals surface area contributed by atoms with Gasteiger partial charge in [0.05, 0.1) is 6.07 Å². The van der Waals surface area contributed by atoms with Gasteiger partial charge in [-0.15, -0.1) is 0 Å². The first-order chi connectivity index (χ1) is 6.13. The number of rotatable bonds is 5. The zero-order valence-corrected chi connectivity index (χ0v) is 8.41. The highest BCUT2D eigenvalue weighted by molar-refractivity contribution is 5.77. The molecular formula is C9H16N2O2. The standard InChI is InChI=1S/C9H16N2O2/c1-4-5-13-7-9(12)11(3)8(2)6-10/h8H,4-5,7H2,1-3H3. The van der Waals surface area contributed by atoms with Crippen LogP contribution in [-0.2, 0) is 9.53 Å². The van der Waals surface area contributed by atoms with Crippen LogP contribution >= 0.6 is 0 Å². The van der Waals surface area contributed by atoms with Gasteiger partial charge in [-0.2, -0.15) is 5.26 Å². The fraction of sp³-hybridized carbons (Fsp3) is 0.778. The van der Waals surface area contributed by atoms with Crippen LogP contribution in [0.2, 0.25) is 0 Å². The van der Waals surface area contributed by atoms with Crippen LogP contribution in [0.15, 0.2) is 0 Å². The van der Waals surface area contributed by atoms with Crippen molar-refractivity contribution in [2.75, 3.05) is 20.3 Å². The molecular weight excluding hydrogens is 168 g/mol. The molecule has 1 amide bonds. The van der Waals surface area contributed by atoms with Crippen molar-refractivity contribution in [1.29, 1.82) is 5.26 Å². The van der Waals surface area contributed by atoms with Gasteiger partial charge in [-0.05, 0) is 13.3 Å². The summed E-state index contributed by atoms with van der Waals surface area (Å²) < 4.78 is 5.06. The summed E-state index contributed by atoms with van der Waals surface area (Å²) in [6.45, 7) is 4.31. The molecule has 0 aromatic heterocycles. The molecule has 0 aliphatic carbocycles. The Morgan fingerprint density at radius 3 is 2.77 bits per heavy atom. The van der Waals surface area contributed by atoms with E-state index < -0.39 is 6.04 Å². The molecule has 0 aliphatic rings. The molecule has 0 N–H and O–H groups in total. The minimum Gasteiger partial charge on any atom is -0.372 e. The van der Waals surface area contributed by atoms with Crippen molar-refractivity contribution in [3.63, 3.8) is 0 Å². The molecule has 13 heavy (non-hydrogen) atoms. The minimum absolute atomic E-state index is 0.0658. The van der Waals surface area contributed by atoms with Gasteiger partial charge in [0.25, 0.3) is 0 Å². The Kier molecular flexibility index (Phi) is 5.90. The fourth-order valence-electron chi connectivity index (χ4n) is 0.708. The molecule has 0 radical (unpaired) electrons. The molecule has 0 aromatic carbocycles. The lowest BCUT2D eigenvalue weighted by Crippen LogP contribution is -2.36. The van der Waals surface area contributed by atoms with Gasteiger partial charge in [-0.25, -0.2) is 0 Å². The van der Waals surface area contributed by atoms with E-state index in [1.54, 1.807) is 14.0 Å². The number of hydrogen-bond donors (Lipinski definition) is 0. The Hall–Kier alpha value is -1.08. The fourth-order valence-corrected chi connectivity index (χ4v) is 0.708. The van der Waals surface area contributed by atoms with Crippen LogP contribution in [0, 0.1) is 11.3 Å². The van der Waals surface area contributed by atoms with E-state index in [0.717, 1.165) is 6.42 Å². The largest absolute Gasteiger partial charge is 0.372 e. The van der Waals surface area contributed by atoms with E-state index in [0.29, 0.717) is 6.61 Å². The van der Waals surface area contributed by atoms with Gasteiger partial charge in [0.2, 0.25) is 5.91 Å². The van der Waals surface area contributed by atoms with Gasteiger partial charge in [-0.3, -0.25) is 4.79 Å². The summed E-state index contributed by atoms with van der Waals surface area (Å²) in [4.78, 5) is 12.7. The first kappa shape index (κ1) is 11.9. The Bertz CT molecular complexity index is 198. The van der Waals surface area contributed by atoms with Crippen molar-refractivity contribution in [2.24, 2.45) is 0 Å². The smallest absolute Gasteiger partial charge is 0.249 e. The van der Waals surface area contributed by atoms with E-state index in [-0.39, 0.29) is 12.5 Å². The number of nitrogens with zero attached hydrogens (tertiary/aromatic N) is 2. The van der Waals surface area contributed by atoms with Gasteiger partial charge < -0.3 is 9.64 Å². The summed E-state index contributed by atoms with van der Waals surface area (Å²) in [5, 5.41) is 8.54. The molecule has 1 unspecified atom stereocenters. The molecule has 1 atom stereocenters. The molecule has 0 aliphatic heterocycles. The molecule has 0 bridgehead atoms. The molecule has 0 saturated heterocycles. The van der Waals surface area contributed by atoms with Crippen LogP contribution in [0.25, 0.3) is 0 Å². The number of ether oxygens (including phenoxy) is 1. The lowest BCUT2D eigenvalue weighted by Gasteiger charge is -2.18. The Balaban J connectivity index is 3.77. The first-order valence-corrected chi connectivity index (χ1v) is 4.36. The molecule has 74 valence electrons. The highest BCUT2D eigenvalue weighted by Crippen LogP contribution is 1.95. The van der Waals surface area contributed by atoms with Crippen LogP contribution in [0.1, 0.15) is 20.3 Å². The maximum absolute atomic E-state index is 11.3. The molecule has 0 aromatic rings. The summed E-state index contributed by atoms with van der Waals surface area (Å²) in [6, 6.07) is 1.59. The highest BCUT2D eigenvalue weighted by Gasteiger charge is 2.14. The summed E-state index contributed by atoms with van der Waals surface area (Å²) in [6.07, 6.45) is 0.894. The lowest BCUT2D eigenvalue weighted by molar-refractivity contribution is -0.135. The second-order valence-corrected chi connectivity index (χ2v) is 2.86. The zero-order valence-electron chi connectivity index (χ0n) is 8.41. The number of likely N-dealkylation sites (N-methyl/N-ethyl adjacent to an activating group) is 1. The molecule has 0 heterocycles. The minimum atomic E-state index is -0.391. The summed E-state index contributed by atoms with van der Waals surface area (Å²) in [5.41, 5.74) is 0. The number of hydrogen-bond acceptors (Lipinski definition) is 3. The third kappa shape index (κ3) is 4.48. The predicted molar refractivity (Wildman–Crippen MR) is 49.0 cm³/mol. The summed E-state index contributed by atoms with van der Waals surface area (Å²) in [7, 11) is 1.60. The van der Waals surface area contributed by atoms with E-state index in [9.17, 15) is 4.79 Å². The van der Waals surface area contributed by atoms with Gasteiger partial charge in [-0.1, -0.05) is 6.92 Å². The molecule has 4 nitrogen and oxygen atoms in total. The van der Waals surface area contributed by atoms with E-state index in [4.69, 9.17) is 10.00 Å². The van der Waals surface area contributed by atoms with Crippen molar-refractivity contribution < 1.29 is 9.53 Å². The Labute approximate surface area is 79.1 Å². The van der Waals surface area contributed by atoms with Crippen molar-refractivity contribution in [3.8, 4) is 6.07 Å². The average Bonchev–Trinajstić information content (AvgIpc) is 2.15. The molecule has 0 fully saturated rings. The third-order valence-electron chi connectivity index (χ3n) is 1.74. The van der Waals surface area contributed by atoms with Crippen LogP contribution in [0.4, 0.5) is 0 Å². The van der Waals surface area contributed by atoms with E-state index in [1.165, 1.54) is 4.90 Å². The Morgan fingerprint density at radius 1 is 1.69 bits per heavy atom. The quantitative estimate of drug-likeness (QED) is 0.593. The summed E-state index contributed by atoms with van der Waals surface area (Å²) >= 11 is 0. The first-order valence-electron chi connectivity index (χ1n) is 4.36. The van der Waals surface area contributed by atoms with E-state index in [1.807, 2.05) is 13.0 Å². The number of carbonyl (C=O) groups is 1. The normalized spacial score (nSPS) is 11.8. The second-order valence-electron chi connectivity index (χ2n) is 2.86. The van der Waals surface area contributed by atoms with Gasteiger partial charge in [0.1, 0.15) is 12.6 Å². The van der Waals surface area contributed by atoms with Crippen LogP contribution in [-0.4, -0.2) is 37.1 Å². The van der Waals surface area contributed by atoms with Crippen molar-refractivity contribution in [1.82, 2.24) is 4.90 Å². The lowest BCUT2D eigenvalue weighted by atomic mass is 10.3.